The van der Waals surface area contributed by atoms with Gasteiger partial charge in [0.1, 0.15) is 5.82 Å². The first-order valence-electron chi connectivity index (χ1n) is 9.06. The van der Waals surface area contributed by atoms with Gasteiger partial charge < -0.3 is 10.2 Å². The van der Waals surface area contributed by atoms with E-state index in [1.807, 2.05) is 43.4 Å². The molecule has 4 aromatic rings. The third-order valence-corrected chi connectivity index (χ3v) is 4.74. The molecule has 0 aliphatic rings. The number of nitrogens with one attached hydrogen (secondary N) is 1. The van der Waals surface area contributed by atoms with Gasteiger partial charge in [0.2, 0.25) is 5.95 Å². The first-order chi connectivity index (χ1) is 13.2. The SMILES string of the molecule is Cc1ccccc1CNc1nc(N(C)c2ccccc2)c2ccccc2n1.Cl.Cl. The third kappa shape index (κ3) is 4.97. The van der Waals surface area contributed by atoms with Crippen molar-refractivity contribution in [3.8, 4) is 0 Å². The zero-order valence-electron chi connectivity index (χ0n) is 16.4. The molecule has 0 atom stereocenters. The minimum Gasteiger partial charge on any atom is -0.350 e. The third-order valence-electron chi connectivity index (χ3n) is 4.74. The summed E-state index contributed by atoms with van der Waals surface area (Å²) in [6.07, 6.45) is 0. The summed E-state index contributed by atoms with van der Waals surface area (Å²) in [4.78, 5) is 11.6. The maximum atomic E-state index is 4.83. The fraction of sp³-hybridized carbons (Fsp3) is 0.130. The Labute approximate surface area is 183 Å². The number of para-hydroxylation sites is 2. The van der Waals surface area contributed by atoms with Gasteiger partial charge in [0, 0.05) is 24.7 Å². The van der Waals surface area contributed by atoms with Crippen molar-refractivity contribution < 1.29 is 0 Å². The lowest BCUT2D eigenvalue weighted by molar-refractivity contribution is 1.04. The first-order valence-corrected chi connectivity index (χ1v) is 9.06. The Hall–Kier alpha value is -2.82. The van der Waals surface area contributed by atoms with Crippen molar-refractivity contribution in [1.29, 1.82) is 0 Å². The van der Waals surface area contributed by atoms with E-state index in [9.17, 15) is 0 Å². The van der Waals surface area contributed by atoms with Gasteiger partial charge in [-0.15, -0.1) is 24.8 Å². The van der Waals surface area contributed by atoms with E-state index in [1.54, 1.807) is 0 Å². The van der Waals surface area contributed by atoms with Crippen molar-refractivity contribution in [3.63, 3.8) is 0 Å². The van der Waals surface area contributed by atoms with Crippen molar-refractivity contribution in [2.24, 2.45) is 0 Å². The standard InChI is InChI=1S/C23H22N4.2ClH/c1-17-10-6-7-11-18(17)16-24-23-25-21-15-9-8-14-20(21)22(26-23)27(2)19-12-4-3-5-13-19;;/h3-15H,16H2,1-2H3,(H,24,25,26);2*1H. The molecule has 0 aliphatic carbocycles. The van der Waals surface area contributed by atoms with Crippen LogP contribution in [0, 0.1) is 6.92 Å². The van der Waals surface area contributed by atoms with Crippen LogP contribution in [-0.2, 0) is 6.54 Å². The van der Waals surface area contributed by atoms with Gasteiger partial charge in [0.25, 0.3) is 0 Å². The summed E-state index contributed by atoms with van der Waals surface area (Å²) in [6, 6.07) is 26.7. The number of halogens is 2. The number of hydrogen-bond acceptors (Lipinski definition) is 4. The second kappa shape index (κ2) is 10.1. The highest BCUT2D eigenvalue weighted by atomic mass is 35.5. The highest BCUT2D eigenvalue weighted by Crippen LogP contribution is 2.29. The molecule has 0 spiro atoms. The fourth-order valence-electron chi connectivity index (χ4n) is 3.15. The monoisotopic (exact) mass is 426 g/mol. The Morgan fingerprint density at radius 1 is 0.793 bits per heavy atom. The van der Waals surface area contributed by atoms with E-state index in [0.29, 0.717) is 12.5 Å². The molecule has 4 rings (SSSR count). The molecule has 150 valence electrons. The van der Waals surface area contributed by atoms with E-state index in [0.717, 1.165) is 22.4 Å². The zero-order valence-corrected chi connectivity index (χ0v) is 18.0. The molecule has 0 fully saturated rings. The summed E-state index contributed by atoms with van der Waals surface area (Å²) in [7, 11) is 2.04. The summed E-state index contributed by atoms with van der Waals surface area (Å²) in [5, 5.41) is 4.42. The fourth-order valence-corrected chi connectivity index (χ4v) is 3.15. The van der Waals surface area contributed by atoms with Crippen molar-refractivity contribution in [2.75, 3.05) is 17.3 Å². The van der Waals surface area contributed by atoms with Gasteiger partial charge >= 0.3 is 0 Å². The normalized spacial score (nSPS) is 10.0. The molecule has 0 unspecified atom stereocenters. The van der Waals surface area contributed by atoms with Crippen LogP contribution < -0.4 is 10.2 Å². The van der Waals surface area contributed by atoms with Crippen LogP contribution in [0.4, 0.5) is 17.5 Å². The second-order valence-electron chi connectivity index (χ2n) is 6.56. The number of fused-ring (bicyclic) bond motifs is 1. The van der Waals surface area contributed by atoms with Gasteiger partial charge in [-0.2, -0.15) is 4.98 Å². The van der Waals surface area contributed by atoms with Gasteiger partial charge in [0.15, 0.2) is 0 Å². The van der Waals surface area contributed by atoms with E-state index in [4.69, 9.17) is 9.97 Å². The highest BCUT2D eigenvalue weighted by molar-refractivity contribution is 5.92. The Bertz CT molecular complexity index is 1070. The zero-order chi connectivity index (χ0) is 18.6. The Balaban J connectivity index is 0.00000150. The van der Waals surface area contributed by atoms with Crippen LogP contribution in [0.3, 0.4) is 0 Å². The van der Waals surface area contributed by atoms with Crippen LogP contribution in [0.1, 0.15) is 11.1 Å². The molecule has 1 aromatic heterocycles. The lowest BCUT2D eigenvalue weighted by Gasteiger charge is -2.21. The molecule has 3 aromatic carbocycles. The number of rotatable bonds is 5. The van der Waals surface area contributed by atoms with Crippen LogP contribution >= 0.6 is 24.8 Å². The summed E-state index contributed by atoms with van der Waals surface area (Å²) in [5.41, 5.74) is 4.52. The molecular weight excluding hydrogens is 403 g/mol. The predicted molar refractivity (Wildman–Crippen MR) is 127 cm³/mol. The van der Waals surface area contributed by atoms with E-state index in [-0.39, 0.29) is 24.8 Å². The van der Waals surface area contributed by atoms with E-state index in [1.165, 1.54) is 11.1 Å². The van der Waals surface area contributed by atoms with Gasteiger partial charge in [0.05, 0.1) is 5.52 Å². The Morgan fingerprint density at radius 3 is 2.21 bits per heavy atom. The Kier molecular flexibility index (Phi) is 7.82. The van der Waals surface area contributed by atoms with Crippen molar-refractivity contribution in [2.45, 2.75) is 13.5 Å². The van der Waals surface area contributed by atoms with Crippen molar-refractivity contribution in [1.82, 2.24) is 9.97 Å². The number of aromatic nitrogens is 2. The second-order valence-corrected chi connectivity index (χ2v) is 6.56. The van der Waals surface area contributed by atoms with Crippen LogP contribution in [0.5, 0.6) is 0 Å². The smallest absolute Gasteiger partial charge is 0.225 e. The molecule has 0 radical (unpaired) electrons. The quantitative estimate of drug-likeness (QED) is 0.414. The molecule has 0 saturated carbocycles. The van der Waals surface area contributed by atoms with Crippen LogP contribution in [-0.4, -0.2) is 17.0 Å². The van der Waals surface area contributed by atoms with Gasteiger partial charge in [-0.25, -0.2) is 4.98 Å². The average molecular weight is 427 g/mol. The molecule has 0 aliphatic heterocycles. The maximum absolute atomic E-state index is 4.83. The molecule has 0 bridgehead atoms. The Morgan fingerprint density at radius 2 is 1.45 bits per heavy atom. The molecule has 29 heavy (non-hydrogen) atoms. The van der Waals surface area contributed by atoms with E-state index in [2.05, 4.69) is 59.6 Å². The summed E-state index contributed by atoms with van der Waals surface area (Å²) in [5.74, 6) is 1.52. The minimum absolute atomic E-state index is 0. The lowest BCUT2D eigenvalue weighted by atomic mass is 10.1. The number of nitrogens with zero attached hydrogens (tertiary/aromatic N) is 3. The average Bonchev–Trinajstić information content (AvgIpc) is 2.72. The molecule has 1 N–H and O–H groups in total. The predicted octanol–water partition coefficient (Wildman–Crippen LogP) is 6.16. The number of aryl methyl sites for hydroxylation is 1. The van der Waals surface area contributed by atoms with Crippen molar-refractivity contribution in [3.05, 3.63) is 90.0 Å². The van der Waals surface area contributed by atoms with Crippen LogP contribution in [0.25, 0.3) is 10.9 Å². The van der Waals surface area contributed by atoms with Gasteiger partial charge in [-0.3, -0.25) is 0 Å². The molecule has 4 nitrogen and oxygen atoms in total. The first kappa shape index (κ1) is 22.5. The lowest BCUT2D eigenvalue weighted by Crippen LogP contribution is -2.14. The topological polar surface area (TPSA) is 41.1 Å². The molecule has 0 saturated heterocycles. The van der Waals surface area contributed by atoms with Gasteiger partial charge in [-0.1, -0.05) is 54.6 Å². The van der Waals surface area contributed by atoms with Crippen molar-refractivity contribution >= 4 is 53.2 Å². The summed E-state index contributed by atoms with van der Waals surface area (Å²) >= 11 is 0. The number of benzene rings is 3. The molecule has 6 heteroatoms. The number of hydrogen-bond donors (Lipinski definition) is 1. The number of anilines is 3. The molecule has 0 amide bonds. The maximum Gasteiger partial charge on any atom is 0.225 e. The highest BCUT2D eigenvalue weighted by Gasteiger charge is 2.13. The summed E-state index contributed by atoms with van der Waals surface area (Å²) in [6.45, 7) is 2.81. The van der Waals surface area contributed by atoms with Gasteiger partial charge in [-0.05, 0) is 42.3 Å². The van der Waals surface area contributed by atoms with Crippen LogP contribution in [0.15, 0.2) is 78.9 Å². The largest absolute Gasteiger partial charge is 0.350 e. The van der Waals surface area contributed by atoms with Crippen LogP contribution in [0.2, 0.25) is 0 Å². The van der Waals surface area contributed by atoms with E-state index >= 15 is 0 Å². The summed E-state index contributed by atoms with van der Waals surface area (Å²) < 4.78 is 0. The molecular formula is C23H24Cl2N4. The molecule has 1 heterocycles. The van der Waals surface area contributed by atoms with E-state index < -0.39 is 0 Å². The minimum atomic E-state index is 0.